The fraction of sp³-hybridized carbons (Fsp3) is 0.469. The van der Waals surface area contributed by atoms with Gasteiger partial charge in [0.15, 0.2) is 28.8 Å². The first kappa shape index (κ1) is 27.7. The van der Waals surface area contributed by atoms with E-state index in [9.17, 15) is 14.7 Å². The van der Waals surface area contributed by atoms with E-state index in [0.717, 1.165) is 37.7 Å². The summed E-state index contributed by atoms with van der Waals surface area (Å²) in [6, 6.07) is 10.8. The molecule has 1 fully saturated rings. The predicted molar refractivity (Wildman–Crippen MR) is 151 cm³/mol. The summed E-state index contributed by atoms with van der Waals surface area (Å²) in [5, 5.41) is 10.6. The molecule has 8 heteroatoms. The molecule has 8 nitrogen and oxygen atoms in total. The van der Waals surface area contributed by atoms with Crippen LogP contribution in [0, 0.1) is 5.92 Å². The molecule has 5 rings (SSSR count). The maximum atomic E-state index is 13.9. The van der Waals surface area contributed by atoms with Gasteiger partial charge in [-0.25, -0.2) is 0 Å². The van der Waals surface area contributed by atoms with E-state index in [1.165, 1.54) is 7.11 Å². The summed E-state index contributed by atoms with van der Waals surface area (Å²) >= 11 is 0. The number of phenolic OH excluding ortho intramolecular Hbond substituents is 1. The number of carbonyl (C=O) groups is 2. The lowest BCUT2D eigenvalue weighted by Crippen LogP contribution is -2.39. The summed E-state index contributed by atoms with van der Waals surface area (Å²) in [5.74, 6) is -0.390. The first-order valence-corrected chi connectivity index (χ1v) is 13.9. The number of aliphatic imine (C=N–C) groups is 1. The molecule has 0 saturated heterocycles. The summed E-state index contributed by atoms with van der Waals surface area (Å²) in [6.07, 6.45) is 5.62. The van der Waals surface area contributed by atoms with E-state index >= 15 is 0 Å². The largest absolute Gasteiger partial charge is 0.504 e. The van der Waals surface area contributed by atoms with Gasteiger partial charge in [0.05, 0.1) is 21.3 Å². The summed E-state index contributed by atoms with van der Waals surface area (Å²) in [6.45, 7) is 1.83. The lowest BCUT2D eigenvalue weighted by molar-refractivity contribution is -0.153. The molecule has 212 valence electrons. The number of hydrogen-bond acceptors (Lipinski definition) is 8. The molecular weight excluding hydrogens is 510 g/mol. The lowest BCUT2D eigenvalue weighted by atomic mass is 9.69. The van der Waals surface area contributed by atoms with Crippen molar-refractivity contribution in [3.63, 3.8) is 0 Å². The van der Waals surface area contributed by atoms with Crippen LogP contribution in [-0.4, -0.2) is 50.0 Å². The van der Waals surface area contributed by atoms with Gasteiger partial charge in [0.2, 0.25) is 0 Å². The normalized spacial score (nSPS) is 23.2. The lowest BCUT2D eigenvalue weighted by Gasteiger charge is -2.37. The van der Waals surface area contributed by atoms with Gasteiger partial charge in [-0.3, -0.25) is 14.6 Å². The van der Waals surface area contributed by atoms with Gasteiger partial charge in [-0.2, -0.15) is 0 Å². The predicted octanol–water partition coefficient (Wildman–Crippen LogP) is 5.87. The molecule has 0 bridgehead atoms. The van der Waals surface area contributed by atoms with E-state index in [-0.39, 0.29) is 35.9 Å². The van der Waals surface area contributed by atoms with Crippen LogP contribution in [0.3, 0.4) is 0 Å². The number of phenols is 1. The minimum atomic E-state index is -0.755. The molecule has 0 spiro atoms. The quantitative estimate of drug-likeness (QED) is 0.433. The Morgan fingerprint density at radius 2 is 1.55 bits per heavy atom. The molecule has 2 aromatic carbocycles. The van der Waals surface area contributed by atoms with E-state index in [2.05, 4.69) is 0 Å². The Balaban J connectivity index is 1.54. The zero-order valence-electron chi connectivity index (χ0n) is 23.6. The molecule has 1 saturated carbocycles. The number of carbonyl (C=O) groups excluding carboxylic acids is 2. The summed E-state index contributed by atoms with van der Waals surface area (Å²) in [5.41, 5.74) is 3.43. The van der Waals surface area contributed by atoms with Crippen LogP contribution in [-0.2, 0) is 14.3 Å². The second-order valence-corrected chi connectivity index (χ2v) is 10.8. The third-order valence-corrected chi connectivity index (χ3v) is 8.42. The minimum Gasteiger partial charge on any atom is -0.504 e. The van der Waals surface area contributed by atoms with Gasteiger partial charge in [-0.05, 0) is 80.3 Å². The van der Waals surface area contributed by atoms with Crippen LogP contribution in [0.5, 0.6) is 23.0 Å². The Morgan fingerprint density at radius 1 is 0.875 bits per heavy atom. The molecule has 1 aliphatic heterocycles. The smallest absolute Gasteiger partial charge is 0.315 e. The van der Waals surface area contributed by atoms with Gasteiger partial charge in [-0.15, -0.1) is 0 Å². The van der Waals surface area contributed by atoms with Gasteiger partial charge in [0.25, 0.3) is 0 Å². The maximum absolute atomic E-state index is 13.9. The molecule has 1 N–H and O–H groups in total. The average molecular weight is 548 g/mol. The van der Waals surface area contributed by atoms with Crippen molar-refractivity contribution in [1.82, 2.24) is 0 Å². The summed E-state index contributed by atoms with van der Waals surface area (Å²) < 4.78 is 22.1. The monoisotopic (exact) mass is 547 g/mol. The molecule has 0 amide bonds. The second kappa shape index (κ2) is 11.7. The molecule has 0 radical (unpaired) electrons. The Labute approximate surface area is 235 Å². The molecule has 40 heavy (non-hydrogen) atoms. The Hall–Kier alpha value is -3.81. The van der Waals surface area contributed by atoms with E-state index in [1.807, 2.05) is 25.1 Å². The molecule has 1 heterocycles. The number of methoxy groups -OCH3 is 3. The van der Waals surface area contributed by atoms with Crippen LogP contribution >= 0.6 is 0 Å². The van der Waals surface area contributed by atoms with Crippen LogP contribution in [0.2, 0.25) is 0 Å². The molecule has 2 aliphatic carbocycles. The molecule has 3 aliphatic rings. The van der Waals surface area contributed by atoms with E-state index in [1.54, 1.807) is 32.4 Å². The van der Waals surface area contributed by atoms with Gasteiger partial charge in [-0.1, -0.05) is 18.6 Å². The SMILES string of the molecule is COc1ccc([C@H]2C3=C(C[C@@H](c4ccc(OC)c(OC)c4)CC3=O)N=C(C)C2C(=O)OC2CCCCC2)cc1O. The number of nitrogens with zero attached hydrogens (tertiary/aromatic N) is 1. The number of ether oxygens (including phenoxy) is 4. The number of esters is 1. The Kier molecular flexibility index (Phi) is 8.14. The highest BCUT2D eigenvalue weighted by molar-refractivity contribution is 6.09. The number of ketones is 1. The molecular formula is C32H37NO7. The first-order valence-electron chi connectivity index (χ1n) is 13.9. The van der Waals surface area contributed by atoms with Crippen molar-refractivity contribution < 1.29 is 33.6 Å². The van der Waals surface area contributed by atoms with Crippen LogP contribution in [0.15, 0.2) is 52.7 Å². The topological polar surface area (TPSA) is 104 Å². The average Bonchev–Trinajstić information content (AvgIpc) is 2.96. The van der Waals surface area contributed by atoms with E-state index in [4.69, 9.17) is 23.9 Å². The first-order chi connectivity index (χ1) is 19.3. The van der Waals surface area contributed by atoms with Gasteiger partial charge in [0, 0.05) is 29.3 Å². The number of benzene rings is 2. The zero-order chi connectivity index (χ0) is 28.4. The van der Waals surface area contributed by atoms with Crippen molar-refractivity contribution in [2.75, 3.05) is 21.3 Å². The summed E-state index contributed by atoms with van der Waals surface area (Å²) in [7, 11) is 4.66. The van der Waals surface area contributed by atoms with Crippen molar-refractivity contribution in [1.29, 1.82) is 0 Å². The van der Waals surface area contributed by atoms with Crippen molar-refractivity contribution in [2.45, 2.75) is 69.8 Å². The Bertz CT molecular complexity index is 1360. The highest BCUT2D eigenvalue weighted by atomic mass is 16.5. The standard InChI is InChI=1S/C32H37NO7/c1-18-29(32(36)40-22-8-6-5-7-9-22)30(20-11-12-26(37-2)24(34)15-20)31-23(33-18)14-21(16-25(31)35)19-10-13-27(38-3)28(17-19)39-4/h10-13,15,17,21-22,29-30,34H,5-9,14,16H2,1-4H3/t21-,29?,30-/m1/s1. The number of allylic oxidation sites excluding steroid dienone is 2. The fourth-order valence-electron chi connectivity index (χ4n) is 6.39. The van der Waals surface area contributed by atoms with Gasteiger partial charge >= 0.3 is 5.97 Å². The van der Waals surface area contributed by atoms with E-state index < -0.39 is 11.8 Å². The van der Waals surface area contributed by atoms with Crippen LogP contribution in [0.1, 0.15) is 74.8 Å². The molecule has 0 aromatic heterocycles. The van der Waals surface area contributed by atoms with Crippen LogP contribution in [0.4, 0.5) is 0 Å². The van der Waals surface area contributed by atoms with Crippen LogP contribution in [0.25, 0.3) is 0 Å². The fourth-order valence-corrected chi connectivity index (χ4v) is 6.39. The van der Waals surface area contributed by atoms with Crippen molar-refractivity contribution in [2.24, 2.45) is 10.9 Å². The third kappa shape index (κ3) is 5.31. The highest BCUT2D eigenvalue weighted by Gasteiger charge is 2.45. The number of rotatable bonds is 7. The second-order valence-electron chi connectivity index (χ2n) is 10.8. The zero-order valence-corrected chi connectivity index (χ0v) is 23.6. The van der Waals surface area contributed by atoms with E-state index in [0.29, 0.717) is 46.2 Å². The summed E-state index contributed by atoms with van der Waals surface area (Å²) in [4.78, 5) is 32.5. The van der Waals surface area contributed by atoms with Gasteiger partial charge < -0.3 is 24.1 Å². The van der Waals surface area contributed by atoms with Crippen molar-refractivity contribution in [3.05, 3.63) is 58.8 Å². The Morgan fingerprint density at radius 3 is 2.23 bits per heavy atom. The molecule has 2 aromatic rings. The number of aromatic hydroxyl groups is 1. The molecule has 3 atom stereocenters. The number of Topliss-reactive ketones (excluding diaryl/α,β-unsaturated/α-hetero) is 1. The third-order valence-electron chi connectivity index (χ3n) is 8.42. The number of hydrogen-bond donors (Lipinski definition) is 1. The highest BCUT2D eigenvalue weighted by Crippen LogP contribution is 2.48. The van der Waals surface area contributed by atoms with Crippen molar-refractivity contribution in [3.8, 4) is 23.0 Å². The molecule has 1 unspecified atom stereocenters. The van der Waals surface area contributed by atoms with Crippen LogP contribution < -0.4 is 14.2 Å². The maximum Gasteiger partial charge on any atom is 0.315 e. The van der Waals surface area contributed by atoms with Crippen molar-refractivity contribution >= 4 is 17.5 Å². The minimum absolute atomic E-state index is 0.0480. The van der Waals surface area contributed by atoms with Gasteiger partial charge in [0.1, 0.15) is 12.0 Å².